The van der Waals surface area contributed by atoms with Gasteiger partial charge in [-0.05, 0) is 26.8 Å². The highest BCUT2D eigenvalue weighted by Crippen LogP contribution is 2.07. The minimum Gasteiger partial charge on any atom is -0.330 e. The zero-order chi connectivity index (χ0) is 13.8. The van der Waals surface area contributed by atoms with E-state index in [0.29, 0.717) is 0 Å². The summed E-state index contributed by atoms with van der Waals surface area (Å²) in [6.45, 7) is 13.6. The first-order chi connectivity index (χ1) is 8.24. The van der Waals surface area contributed by atoms with E-state index in [1.54, 1.807) is 12.2 Å². The van der Waals surface area contributed by atoms with Gasteiger partial charge in [0, 0.05) is 0 Å². The first-order valence-electron chi connectivity index (χ1n) is 7.09. The molecule has 0 aliphatic rings. The Morgan fingerprint density at radius 1 is 0.765 bits per heavy atom. The molecule has 0 aromatic carbocycles. The second-order valence-corrected chi connectivity index (χ2v) is 4.08. The summed E-state index contributed by atoms with van der Waals surface area (Å²) in [5.74, 6) is 0. The van der Waals surface area contributed by atoms with Crippen LogP contribution in [0.2, 0.25) is 0 Å². The van der Waals surface area contributed by atoms with Crippen molar-refractivity contribution < 1.29 is 0 Å². The Kier molecular flexibility index (Phi) is 37.7. The second-order valence-electron chi connectivity index (χ2n) is 4.08. The maximum absolute atomic E-state index is 5.39. The standard InChI is InChI=1S/C10H23N.2C3H6/c1-2-3-4-5-6-7-8-9-10-11;2*1-3-2/h2-11H2,1H3;2*3H,1H2,2H3. The topological polar surface area (TPSA) is 26.0 Å². The summed E-state index contributed by atoms with van der Waals surface area (Å²) in [5, 5.41) is 0. The third-order valence-corrected chi connectivity index (χ3v) is 2.06. The van der Waals surface area contributed by atoms with E-state index in [4.69, 9.17) is 5.73 Å². The van der Waals surface area contributed by atoms with E-state index in [9.17, 15) is 0 Å². The lowest BCUT2D eigenvalue weighted by molar-refractivity contribution is 0.578. The van der Waals surface area contributed by atoms with Gasteiger partial charge in [0.2, 0.25) is 0 Å². The third kappa shape index (κ3) is 50.4. The quantitative estimate of drug-likeness (QED) is 0.442. The monoisotopic (exact) mass is 241 g/mol. The van der Waals surface area contributed by atoms with E-state index in [1.807, 2.05) is 13.8 Å². The van der Waals surface area contributed by atoms with E-state index in [0.717, 1.165) is 6.54 Å². The fraction of sp³-hybridized carbons (Fsp3) is 0.750. The van der Waals surface area contributed by atoms with Crippen LogP contribution < -0.4 is 5.73 Å². The summed E-state index contributed by atoms with van der Waals surface area (Å²) < 4.78 is 0. The molecule has 0 heterocycles. The van der Waals surface area contributed by atoms with Gasteiger partial charge in [0.15, 0.2) is 0 Å². The van der Waals surface area contributed by atoms with E-state index in [2.05, 4.69) is 20.1 Å². The molecule has 0 unspecified atom stereocenters. The molecule has 0 spiro atoms. The molecule has 2 N–H and O–H groups in total. The first-order valence-corrected chi connectivity index (χ1v) is 7.09. The van der Waals surface area contributed by atoms with E-state index >= 15 is 0 Å². The summed E-state index contributed by atoms with van der Waals surface area (Å²) in [4.78, 5) is 0. The molecule has 1 heteroatoms. The van der Waals surface area contributed by atoms with Crippen LogP contribution in [0.1, 0.15) is 72.1 Å². The van der Waals surface area contributed by atoms with Crippen LogP contribution in [-0.2, 0) is 0 Å². The number of allylic oxidation sites excluding steroid dienone is 2. The Morgan fingerprint density at radius 2 is 1.06 bits per heavy atom. The molecule has 104 valence electrons. The highest BCUT2D eigenvalue weighted by molar-refractivity contribution is 4.52. The molecule has 0 aliphatic heterocycles. The molecule has 0 aliphatic carbocycles. The lowest BCUT2D eigenvalue weighted by Crippen LogP contribution is -1.97. The molecule has 0 radical (unpaired) electrons. The van der Waals surface area contributed by atoms with Gasteiger partial charge < -0.3 is 5.73 Å². The van der Waals surface area contributed by atoms with Crippen molar-refractivity contribution in [1.82, 2.24) is 0 Å². The minimum absolute atomic E-state index is 0.870. The summed E-state index contributed by atoms with van der Waals surface area (Å²) in [6, 6.07) is 0. The zero-order valence-corrected chi connectivity index (χ0v) is 12.5. The lowest BCUT2D eigenvalue weighted by atomic mass is 10.1. The molecular formula is C16H35N. The number of hydrogen-bond donors (Lipinski definition) is 1. The Balaban J connectivity index is -0.000000273. The molecule has 0 aromatic rings. The van der Waals surface area contributed by atoms with Gasteiger partial charge in [-0.15, -0.1) is 13.2 Å². The number of rotatable bonds is 8. The van der Waals surface area contributed by atoms with Crippen molar-refractivity contribution >= 4 is 0 Å². The lowest BCUT2D eigenvalue weighted by Gasteiger charge is -1.99. The first kappa shape index (κ1) is 21.7. The molecule has 0 fully saturated rings. The Bertz CT molecular complexity index is 105. The van der Waals surface area contributed by atoms with Crippen molar-refractivity contribution in [3.8, 4) is 0 Å². The average molecular weight is 241 g/mol. The highest BCUT2D eigenvalue weighted by Gasteiger charge is 1.89. The fourth-order valence-electron chi connectivity index (χ4n) is 1.28. The summed E-state index contributed by atoms with van der Waals surface area (Å²) in [7, 11) is 0. The maximum Gasteiger partial charge on any atom is -0.00773 e. The molecule has 0 atom stereocenters. The largest absolute Gasteiger partial charge is 0.330 e. The molecule has 0 saturated heterocycles. The van der Waals surface area contributed by atoms with Crippen molar-refractivity contribution in [2.45, 2.75) is 72.1 Å². The normalized spacial score (nSPS) is 8.24. The third-order valence-electron chi connectivity index (χ3n) is 2.06. The van der Waals surface area contributed by atoms with Gasteiger partial charge in [-0.2, -0.15) is 0 Å². The van der Waals surface area contributed by atoms with E-state index in [-0.39, 0.29) is 0 Å². The van der Waals surface area contributed by atoms with Crippen LogP contribution >= 0.6 is 0 Å². The summed E-state index contributed by atoms with van der Waals surface area (Å²) in [6.07, 6.45) is 14.5. The number of unbranched alkanes of at least 4 members (excludes halogenated alkanes) is 7. The van der Waals surface area contributed by atoms with Crippen molar-refractivity contribution in [2.24, 2.45) is 5.73 Å². The van der Waals surface area contributed by atoms with Crippen molar-refractivity contribution in [3.05, 3.63) is 25.3 Å². The molecule has 0 bridgehead atoms. The van der Waals surface area contributed by atoms with Gasteiger partial charge in [-0.3, -0.25) is 0 Å². The van der Waals surface area contributed by atoms with Gasteiger partial charge in [0.1, 0.15) is 0 Å². The van der Waals surface area contributed by atoms with Gasteiger partial charge in [-0.25, -0.2) is 0 Å². The Morgan fingerprint density at radius 3 is 1.35 bits per heavy atom. The Labute approximate surface area is 110 Å². The molecule has 0 rings (SSSR count). The predicted molar refractivity (Wildman–Crippen MR) is 83.4 cm³/mol. The molecule has 1 nitrogen and oxygen atoms in total. The average Bonchev–Trinajstić information content (AvgIpc) is 2.30. The van der Waals surface area contributed by atoms with Crippen molar-refractivity contribution in [1.29, 1.82) is 0 Å². The molecule has 0 saturated carbocycles. The summed E-state index contributed by atoms with van der Waals surface area (Å²) >= 11 is 0. The number of hydrogen-bond acceptors (Lipinski definition) is 1. The van der Waals surface area contributed by atoms with Gasteiger partial charge in [0.05, 0.1) is 0 Å². The maximum atomic E-state index is 5.39. The van der Waals surface area contributed by atoms with Crippen molar-refractivity contribution in [2.75, 3.05) is 6.54 Å². The molecule has 0 aromatic heterocycles. The van der Waals surface area contributed by atoms with Crippen LogP contribution in [0.4, 0.5) is 0 Å². The van der Waals surface area contributed by atoms with Crippen LogP contribution in [0.25, 0.3) is 0 Å². The molecule has 0 amide bonds. The SMILES string of the molecule is C=CC.C=CC.CCCCCCCCCCN. The van der Waals surface area contributed by atoms with E-state index < -0.39 is 0 Å². The Hall–Kier alpha value is -0.560. The molecule has 17 heavy (non-hydrogen) atoms. The van der Waals surface area contributed by atoms with Crippen LogP contribution in [0.3, 0.4) is 0 Å². The van der Waals surface area contributed by atoms with Crippen molar-refractivity contribution in [3.63, 3.8) is 0 Å². The predicted octanol–water partition coefficient (Wildman–Crippen LogP) is 5.47. The second kappa shape index (κ2) is 29.5. The molecular weight excluding hydrogens is 206 g/mol. The van der Waals surface area contributed by atoms with Gasteiger partial charge >= 0.3 is 0 Å². The van der Waals surface area contributed by atoms with Crippen LogP contribution in [0.5, 0.6) is 0 Å². The van der Waals surface area contributed by atoms with Gasteiger partial charge in [-0.1, -0.05) is 64.0 Å². The zero-order valence-electron chi connectivity index (χ0n) is 12.5. The summed E-state index contributed by atoms with van der Waals surface area (Å²) in [5.41, 5.74) is 5.39. The van der Waals surface area contributed by atoms with Gasteiger partial charge in [0.25, 0.3) is 0 Å². The number of nitrogens with two attached hydrogens (primary N) is 1. The highest BCUT2D eigenvalue weighted by atomic mass is 14.5. The smallest absolute Gasteiger partial charge is 0.00773 e. The fourth-order valence-corrected chi connectivity index (χ4v) is 1.28. The van der Waals surface area contributed by atoms with Crippen LogP contribution in [0.15, 0.2) is 25.3 Å². The van der Waals surface area contributed by atoms with Crippen LogP contribution in [-0.4, -0.2) is 6.54 Å². The van der Waals surface area contributed by atoms with E-state index in [1.165, 1.54) is 51.4 Å². The minimum atomic E-state index is 0.870. The van der Waals surface area contributed by atoms with Crippen LogP contribution in [0, 0.1) is 0 Å².